The molecule has 2 amide bonds. The minimum Gasteiger partial charge on any atom is -0.342 e. The monoisotopic (exact) mass is 340 g/mol. The van der Waals surface area contributed by atoms with Crippen LogP contribution in [0.5, 0.6) is 0 Å². The molecule has 4 nitrogen and oxygen atoms in total. The standard InChI is InChI=1S/C21H28N2O2/c24-20(10-4-8-16-6-2-1-3-7-16)22-13-17-12-18(15-22)19-9-5-11-21(25)23(19)14-17/h1-3,6-7,17-19H,4-5,8-15H2/t17?,18?,19-/m1/s1. The van der Waals surface area contributed by atoms with Gasteiger partial charge < -0.3 is 9.80 Å². The van der Waals surface area contributed by atoms with Crippen molar-refractivity contribution in [1.82, 2.24) is 9.80 Å². The maximum Gasteiger partial charge on any atom is 0.222 e. The third-order valence-corrected chi connectivity index (χ3v) is 6.23. The van der Waals surface area contributed by atoms with Crippen molar-refractivity contribution in [2.45, 2.75) is 51.0 Å². The van der Waals surface area contributed by atoms with E-state index in [-0.39, 0.29) is 0 Å². The van der Waals surface area contributed by atoms with Gasteiger partial charge in [0.25, 0.3) is 0 Å². The fourth-order valence-corrected chi connectivity index (χ4v) is 5.06. The van der Waals surface area contributed by atoms with Crippen LogP contribution >= 0.6 is 0 Å². The summed E-state index contributed by atoms with van der Waals surface area (Å²) >= 11 is 0. The van der Waals surface area contributed by atoms with Gasteiger partial charge in [0, 0.05) is 38.5 Å². The van der Waals surface area contributed by atoms with Crippen LogP contribution in [0.3, 0.4) is 0 Å². The largest absolute Gasteiger partial charge is 0.342 e. The Labute approximate surface area is 150 Å². The van der Waals surface area contributed by atoms with Crippen LogP contribution in [0, 0.1) is 11.8 Å². The third kappa shape index (κ3) is 3.58. The van der Waals surface area contributed by atoms with Crippen LogP contribution in [0.15, 0.2) is 30.3 Å². The molecule has 3 aliphatic rings. The Morgan fingerprint density at radius 3 is 2.80 bits per heavy atom. The van der Waals surface area contributed by atoms with Crippen LogP contribution in [-0.4, -0.2) is 47.3 Å². The molecule has 0 radical (unpaired) electrons. The zero-order valence-corrected chi connectivity index (χ0v) is 14.9. The van der Waals surface area contributed by atoms with Gasteiger partial charge in [-0.15, -0.1) is 0 Å². The van der Waals surface area contributed by atoms with Gasteiger partial charge in [0.05, 0.1) is 0 Å². The SMILES string of the molecule is O=C(CCCc1ccccc1)N1CC2CC(C1)[C@H]1CCCC(=O)N1C2. The van der Waals surface area contributed by atoms with E-state index in [4.69, 9.17) is 0 Å². The summed E-state index contributed by atoms with van der Waals surface area (Å²) < 4.78 is 0. The lowest BCUT2D eigenvalue weighted by molar-refractivity contribution is -0.148. The molecule has 3 aliphatic heterocycles. The molecular formula is C21H28N2O2. The number of nitrogens with zero attached hydrogens (tertiary/aromatic N) is 2. The summed E-state index contributed by atoms with van der Waals surface area (Å²) in [6, 6.07) is 10.8. The van der Waals surface area contributed by atoms with Crippen molar-refractivity contribution < 1.29 is 9.59 Å². The molecular weight excluding hydrogens is 312 g/mol. The van der Waals surface area contributed by atoms with Gasteiger partial charge in [-0.3, -0.25) is 9.59 Å². The van der Waals surface area contributed by atoms with Crippen molar-refractivity contribution in [3.05, 3.63) is 35.9 Å². The highest BCUT2D eigenvalue weighted by Gasteiger charge is 2.44. The van der Waals surface area contributed by atoms with E-state index in [9.17, 15) is 9.59 Å². The van der Waals surface area contributed by atoms with Crippen molar-refractivity contribution in [3.8, 4) is 0 Å². The predicted molar refractivity (Wildman–Crippen MR) is 96.9 cm³/mol. The van der Waals surface area contributed by atoms with Crippen molar-refractivity contribution in [2.24, 2.45) is 11.8 Å². The minimum absolute atomic E-state index is 0.307. The highest BCUT2D eigenvalue weighted by atomic mass is 16.2. The van der Waals surface area contributed by atoms with Gasteiger partial charge in [-0.1, -0.05) is 30.3 Å². The van der Waals surface area contributed by atoms with E-state index in [2.05, 4.69) is 34.1 Å². The van der Waals surface area contributed by atoms with Crippen molar-refractivity contribution in [3.63, 3.8) is 0 Å². The van der Waals surface area contributed by atoms with Gasteiger partial charge in [-0.25, -0.2) is 0 Å². The number of rotatable bonds is 4. The molecule has 3 fully saturated rings. The Balaban J connectivity index is 1.32. The van der Waals surface area contributed by atoms with Gasteiger partial charge in [0.2, 0.25) is 11.8 Å². The Morgan fingerprint density at radius 2 is 1.96 bits per heavy atom. The maximum absolute atomic E-state index is 12.7. The summed E-state index contributed by atoms with van der Waals surface area (Å²) in [6.45, 7) is 2.57. The minimum atomic E-state index is 0.307. The molecule has 2 bridgehead atoms. The first-order chi connectivity index (χ1) is 12.2. The zero-order valence-electron chi connectivity index (χ0n) is 14.9. The topological polar surface area (TPSA) is 40.6 Å². The number of benzene rings is 1. The molecule has 3 heterocycles. The fourth-order valence-electron chi connectivity index (χ4n) is 5.06. The lowest BCUT2D eigenvalue weighted by Crippen LogP contribution is -2.61. The molecule has 1 aromatic carbocycles. The van der Waals surface area contributed by atoms with Gasteiger partial charge in [0.1, 0.15) is 0 Å². The molecule has 0 N–H and O–H groups in total. The van der Waals surface area contributed by atoms with Crippen molar-refractivity contribution in [1.29, 1.82) is 0 Å². The van der Waals surface area contributed by atoms with Gasteiger partial charge in [-0.05, 0) is 49.5 Å². The molecule has 134 valence electrons. The van der Waals surface area contributed by atoms with Crippen LogP contribution in [0.4, 0.5) is 0 Å². The van der Waals surface area contributed by atoms with E-state index in [1.165, 1.54) is 12.0 Å². The molecule has 1 aromatic rings. The predicted octanol–water partition coefficient (Wildman–Crippen LogP) is 2.87. The highest BCUT2D eigenvalue weighted by molar-refractivity contribution is 5.78. The lowest BCUT2D eigenvalue weighted by Gasteiger charge is -2.52. The number of piperidine rings is 3. The van der Waals surface area contributed by atoms with Crippen LogP contribution in [0.1, 0.15) is 44.1 Å². The molecule has 0 aromatic heterocycles. The first kappa shape index (κ1) is 16.6. The fraction of sp³-hybridized carbons (Fsp3) is 0.619. The van der Waals surface area contributed by atoms with Crippen LogP contribution < -0.4 is 0 Å². The molecule has 4 heteroatoms. The Hall–Kier alpha value is -1.84. The second kappa shape index (κ2) is 7.19. The molecule has 3 saturated heterocycles. The first-order valence-electron chi connectivity index (χ1n) is 9.82. The summed E-state index contributed by atoms with van der Waals surface area (Å²) in [4.78, 5) is 29.1. The van der Waals surface area contributed by atoms with E-state index in [1.54, 1.807) is 0 Å². The molecule has 0 aliphatic carbocycles. The molecule has 3 atom stereocenters. The molecule has 0 spiro atoms. The number of carbonyl (C=O) groups excluding carboxylic acids is 2. The summed E-state index contributed by atoms with van der Waals surface area (Å²) in [5.74, 6) is 1.62. The number of hydrogen-bond donors (Lipinski definition) is 0. The lowest BCUT2D eigenvalue weighted by atomic mass is 9.76. The van der Waals surface area contributed by atoms with Gasteiger partial charge >= 0.3 is 0 Å². The summed E-state index contributed by atoms with van der Waals surface area (Å²) in [5.41, 5.74) is 1.31. The summed E-state index contributed by atoms with van der Waals surface area (Å²) in [6.07, 6.45) is 6.59. The quantitative estimate of drug-likeness (QED) is 0.846. The van der Waals surface area contributed by atoms with Crippen molar-refractivity contribution >= 4 is 11.8 Å². The van der Waals surface area contributed by atoms with E-state index in [0.717, 1.165) is 51.7 Å². The number of likely N-dealkylation sites (tertiary alicyclic amines) is 1. The van der Waals surface area contributed by atoms with Gasteiger partial charge in [0.15, 0.2) is 0 Å². The normalized spacial score (nSPS) is 28.6. The second-order valence-electron chi connectivity index (χ2n) is 8.01. The molecule has 2 unspecified atom stereocenters. The van der Waals surface area contributed by atoms with Crippen LogP contribution in [0.2, 0.25) is 0 Å². The maximum atomic E-state index is 12.7. The Morgan fingerprint density at radius 1 is 1.12 bits per heavy atom. The van der Waals surface area contributed by atoms with E-state index in [0.29, 0.717) is 36.1 Å². The number of hydrogen-bond acceptors (Lipinski definition) is 2. The second-order valence-corrected chi connectivity index (χ2v) is 8.01. The molecule has 25 heavy (non-hydrogen) atoms. The average Bonchev–Trinajstić information content (AvgIpc) is 2.63. The Bertz CT molecular complexity index is 630. The summed E-state index contributed by atoms with van der Waals surface area (Å²) in [5, 5.41) is 0. The number of fused-ring (bicyclic) bond motifs is 4. The molecule has 0 saturated carbocycles. The van der Waals surface area contributed by atoms with E-state index in [1.807, 2.05) is 6.07 Å². The Kier molecular flexibility index (Phi) is 4.78. The first-order valence-corrected chi connectivity index (χ1v) is 9.82. The molecule has 4 rings (SSSR count). The van der Waals surface area contributed by atoms with Gasteiger partial charge in [-0.2, -0.15) is 0 Å². The smallest absolute Gasteiger partial charge is 0.222 e. The van der Waals surface area contributed by atoms with E-state index >= 15 is 0 Å². The average molecular weight is 340 g/mol. The third-order valence-electron chi connectivity index (χ3n) is 6.23. The van der Waals surface area contributed by atoms with Crippen molar-refractivity contribution in [2.75, 3.05) is 19.6 Å². The van der Waals surface area contributed by atoms with E-state index < -0.39 is 0 Å². The van der Waals surface area contributed by atoms with Crippen LogP contribution in [0.25, 0.3) is 0 Å². The summed E-state index contributed by atoms with van der Waals surface area (Å²) in [7, 11) is 0. The zero-order chi connectivity index (χ0) is 17.2. The van der Waals surface area contributed by atoms with Crippen LogP contribution in [-0.2, 0) is 16.0 Å². The number of amides is 2. The number of carbonyl (C=O) groups is 2. The number of aryl methyl sites for hydroxylation is 1. The highest BCUT2D eigenvalue weighted by Crippen LogP contribution is 2.38.